The molecule has 0 spiro atoms. The summed E-state index contributed by atoms with van der Waals surface area (Å²) in [5.41, 5.74) is -0.963. The second-order valence-corrected chi connectivity index (χ2v) is 5.15. The summed E-state index contributed by atoms with van der Waals surface area (Å²) in [6, 6.07) is 2.75. The number of amides is 1. The molecule has 0 heterocycles. The largest absolute Gasteiger partial charge is 0.416 e. The van der Waals surface area contributed by atoms with E-state index in [9.17, 15) is 18.0 Å². The van der Waals surface area contributed by atoms with Gasteiger partial charge in [-0.25, -0.2) is 0 Å². The van der Waals surface area contributed by atoms with Crippen molar-refractivity contribution in [3.63, 3.8) is 0 Å². The van der Waals surface area contributed by atoms with Gasteiger partial charge in [0.1, 0.15) is 0 Å². The average Bonchev–Trinajstić information content (AvgIpc) is 2.40. The first-order valence-electron chi connectivity index (χ1n) is 6.77. The molecular formula is C14H18ClF3N2O2. The number of alkyl halides is 3. The molecule has 0 saturated carbocycles. The van der Waals surface area contributed by atoms with E-state index in [1.165, 1.54) is 0 Å². The lowest BCUT2D eigenvalue weighted by atomic mass is 10.2. The average molecular weight is 339 g/mol. The number of aliphatic hydroxyl groups is 1. The topological polar surface area (TPSA) is 52.6 Å². The third-order valence-corrected chi connectivity index (χ3v) is 3.22. The summed E-state index contributed by atoms with van der Waals surface area (Å²) in [6.07, 6.45) is -3.72. The van der Waals surface area contributed by atoms with Gasteiger partial charge in [0.25, 0.3) is 0 Å². The Morgan fingerprint density at radius 3 is 2.59 bits per heavy atom. The molecule has 0 unspecified atom stereocenters. The standard InChI is InChI=1S/C14H18ClF3N2O2/c1-2-5-20(6-7-21)9-13(22)19-12-8-10(14(16,17)18)3-4-11(12)15/h3-4,8,21H,2,5-7,9H2,1H3,(H,19,22). The number of benzene rings is 1. The Bertz CT molecular complexity index is 503. The number of rotatable bonds is 7. The zero-order chi connectivity index (χ0) is 16.8. The van der Waals surface area contributed by atoms with E-state index in [4.69, 9.17) is 16.7 Å². The van der Waals surface area contributed by atoms with Crippen molar-refractivity contribution in [2.45, 2.75) is 19.5 Å². The fraction of sp³-hybridized carbons (Fsp3) is 0.500. The first kappa shape index (κ1) is 18.7. The smallest absolute Gasteiger partial charge is 0.395 e. The van der Waals surface area contributed by atoms with Gasteiger partial charge >= 0.3 is 6.18 Å². The van der Waals surface area contributed by atoms with Gasteiger partial charge in [-0.05, 0) is 31.2 Å². The van der Waals surface area contributed by atoms with Gasteiger partial charge in [0.15, 0.2) is 0 Å². The van der Waals surface area contributed by atoms with Crippen LogP contribution < -0.4 is 5.32 Å². The van der Waals surface area contributed by atoms with Gasteiger partial charge in [-0.3, -0.25) is 9.69 Å². The van der Waals surface area contributed by atoms with Crippen LogP contribution in [0.25, 0.3) is 0 Å². The van der Waals surface area contributed by atoms with E-state index >= 15 is 0 Å². The highest BCUT2D eigenvalue weighted by atomic mass is 35.5. The van der Waals surface area contributed by atoms with Crippen molar-refractivity contribution in [3.05, 3.63) is 28.8 Å². The molecule has 0 radical (unpaired) electrons. The Balaban J connectivity index is 2.78. The molecule has 0 atom stereocenters. The van der Waals surface area contributed by atoms with Gasteiger partial charge < -0.3 is 10.4 Å². The highest BCUT2D eigenvalue weighted by Gasteiger charge is 2.31. The molecular weight excluding hydrogens is 321 g/mol. The SMILES string of the molecule is CCCN(CCO)CC(=O)Nc1cc(C(F)(F)F)ccc1Cl. The van der Waals surface area contributed by atoms with Crippen LogP contribution in [0.4, 0.5) is 18.9 Å². The van der Waals surface area contributed by atoms with E-state index in [-0.39, 0.29) is 23.9 Å². The zero-order valence-corrected chi connectivity index (χ0v) is 12.8. The maximum absolute atomic E-state index is 12.7. The molecule has 0 saturated heterocycles. The second-order valence-electron chi connectivity index (χ2n) is 4.74. The number of halogens is 4. The van der Waals surface area contributed by atoms with Crippen LogP contribution in [-0.2, 0) is 11.0 Å². The van der Waals surface area contributed by atoms with Crippen molar-refractivity contribution in [1.82, 2.24) is 4.90 Å². The lowest BCUT2D eigenvalue weighted by molar-refractivity contribution is -0.137. The number of hydrogen-bond acceptors (Lipinski definition) is 3. The van der Waals surface area contributed by atoms with Gasteiger partial charge in [-0.1, -0.05) is 18.5 Å². The highest BCUT2D eigenvalue weighted by molar-refractivity contribution is 6.33. The van der Waals surface area contributed by atoms with E-state index in [0.717, 1.165) is 24.6 Å². The molecule has 0 aliphatic heterocycles. The van der Waals surface area contributed by atoms with E-state index in [0.29, 0.717) is 13.1 Å². The number of anilines is 1. The van der Waals surface area contributed by atoms with Crippen LogP contribution in [0.15, 0.2) is 18.2 Å². The lowest BCUT2D eigenvalue weighted by Gasteiger charge is -2.20. The van der Waals surface area contributed by atoms with Crippen LogP contribution in [0.2, 0.25) is 5.02 Å². The molecule has 1 rings (SSSR count). The maximum atomic E-state index is 12.7. The zero-order valence-electron chi connectivity index (χ0n) is 12.1. The van der Waals surface area contributed by atoms with E-state index < -0.39 is 17.6 Å². The van der Waals surface area contributed by atoms with Gasteiger partial charge in [0.2, 0.25) is 5.91 Å². The number of carbonyl (C=O) groups excluding carboxylic acids is 1. The van der Waals surface area contributed by atoms with Gasteiger partial charge in [0, 0.05) is 6.54 Å². The summed E-state index contributed by atoms with van der Waals surface area (Å²) in [7, 11) is 0. The van der Waals surface area contributed by atoms with Crippen molar-refractivity contribution in [3.8, 4) is 0 Å². The highest BCUT2D eigenvalue weighted by Crippen LogP contribution is 2.33. The second kappa shape index (κ2) is 8.36. The van der Waals surface area contributed by atoms with Crippen LogP contribution in [0, 0.1) is 0 Å². The summed E-state index contributed by atoms with van der Waals surface area (Å²) in [4.78, 5) is 13.6. The molecule has 124 valence electrons. The van der Waals surface area contributed by atoms with Crippen molar-refractivity contribution in [2.24, 2.45) is 0 Å². The molecule has 0 aliphatic rings. The van der Waals surface area contributed by atoms with Crippen molar-refractivity contribution in [1.29, 1.82) is 0 Å². The summed E-state index contributed by atoms with van der Waals surface area (Å²) >= 11 is 5.81. The predicted molar refractivity (Wildman–Crippen MR) is 78.9 cm³/mol. The Hall–Kier alpha value is -1.31. The summed E-state index contributed by atoms with van der Waals surface area (Å²) in [6.45, 7) is 2.71. The Labute approximate surface area is 131 Å². The van der Waals surface area contributed by atoms with Gasteiger partial charge in [0.05, 0.1) is 29.4 Å². The lowest BCUT2D eigenvalue weighted by Crippen LogP contribution is -2.35. The van der Waals surface area contributed by atoms with Crippen molar-refractivity contribution >= 4 is 23.2 Å². The normalized spacial score (nSPS) is 11.8. The van der Waals surface area contributed by atoms with Gasteiger partial charge in [-0.2, -0.15) is 13.2 Å². The minimum absolute atomic E-state index is 0.0268. The number of aliphatic hydroxyl groups excluding tert-OH is 1. The molecule has 2 N–H and O–H groups in total. The number of nitrogens with one attached hydrogen (secondary N) is 1. The molecule has 1 aromatic rings. The molecule has 4 nitrogen and oxygen atoms in total. The number of hydrogen-bond donors (Lipinski definition) is 2. The molecule has 22 heavy (non-hydrogen) atoms. The first-order chi connectivity index (χ1) is 10.3. The van der Waals surface area contributed by atoms with Crippen molar-refractivity contribution in [2.75, 3.05) is 31.6 Å². The van der Waals surface area contributed by atoms with Crippen LogP contribution in [-0.4, -0.2) is 42.2 Å². The first-order valence-corrected chi connectivity index (χ1v) is 7.15. The number of nitrogens with zero attached hydrogens (tertiary/aromatic N) is 1. The molecule has 0 aromatic heterocycles. The van der Waals surface area contributed by atoms with E-state index in [1.54, 1.807) is 4.90 Å². The fourth-order valence-corrected chi connectivity index (χ4v) is 2.08. The van der Waals surface area contributed by atoms with Crippen LogP contribution in [0.1, 0.15) is 18.9 Å². The number of carbonyl (C=O) groups is 1. The quantitative estimate of drug-likeness (QED) is 0.803. The fourth-order valence-electron chi connectivity index (χ4n) is 1.92. The van der Waals surface area contributed by atoms with Crippen LogP contribution in [0.5, 0.6) is 0 Å². The Kier molecular flexibility index (Phi) is 7.12. The molecule has 1 amide bonds. The Morgan fingerprint density at radius 2 is 2.05 bits per heavy atom. The van der Waals surface area contributed by atoms with Crippen LogP contribution in [0.3, 0.4) is 0 Å². The minimum Gasteiger partial charge on any atom is -0.395 e. The van der Waals surface area contributed by atoms with Gasteiger partial charge in [-0.15, -0.1) is 0 Å². The molecule has 1 aromatic carbocycles. The molecule has 0 aliphatic carbocycles. The van der Waals surface area contributed by atoms with E-state index in [1.807, 2.05) is 6.92 Å². The van der Waals surface area contributed by atoms with Crippen molar-refractivity contribution < 1.29 is 23.1 Å². The molecule has 0 fully saturated rings. The monoisotopic (exact) mass is 338 g/mol. The minimum atomic E-state index is -4.50. The van der Waals surface area contributed by atoms with Crippen LogP contribution >= 0.6 is 11.6 Å². The third-order valence-electron chi connectivity index (χ3n) is 2.89. The summed E-state index contributed by atoms with van der Waals surface area (Å²) in [5.74, 6) is -0.483. The molecule has 0 bridgehead atoms. The summed E-state index contributed by atoms with van der Waals surface area (Å²) in [5, 5.41) is 11.3. The summed E-state index contributed by atoms with van der Waals surface area (Å²) < 4.78 is 38.0. The molecule has 8 heteroatoms. The predicted octanol–water partition coefficient (Wildman–Crippen LogP) is 3.00. The Morgan fingerprint density at radius 1 is 1.36 bits per heavy atom. The third kappa shape index (κ3) is 5.82. The van der Waals surface area contributed by atoms with E-state index in [2.05, 4.69) is 5.32 Å². The maximum Gasteiger partial charge on any atom is 0.416 e.